The molecule has 2 aromatic rings. The number of hydrogen-bond donors (Lipinski definition) is 3. The van der Waals surface area contributed by atoms with E-state index in [4.69, 9.17) is 4.74 Å². The fraction of sp³-hybridized carbons (Fsp3) is 0.481. The highest BCUT2D eigenvalue weighted by molar-refractivity contribution is 6.01. The molecule has 35 heavy (non-hydrogen) atoms. The quantitative estimate of drug-likeness (QED) is 0.535. The summed E-state index contributed by atoms with van der Waals surface area (Å²) in [5.41, 5.74) is 2.01. The van der Waals surface area contributed by atoms with E-state index < -0.39 is 0 Å². The summed E-state index contributed by atoms with van der Waals surface area (Å²) in [6.07, 6.45) is -0.250. The molecule has 0 saturated carbocycles. The predicted octanol–water partition coefficient (Wildman–Crippen LogP) is 3.57. The van der Waals surface area contributed by atoms with E-state index >= 15 is 0 Å². The fourth-order valence-electron chi connectivity index (χ4n) is 4.25. The van der Waals surface area contributed by atoms with Crippen molar-refractivity contribution < 1.29 is 19.4 Å². The largest absolute Gasteiger partial charge is 0.486 e. The van der Waals surface area contributed by atoms with Crippen LogP contribution in [0, 0.1) is 5.92 Å². The van der Waals surface area contributed by atoms with Crippen molar-refractivity contribution in [1.29, 1.82) is 0 Å². The lowest BCUT2D eigenvalue weighted by molar-refractivity contribution is 0.0343. The molecule has 1 aliphatic rings. The minimum atomic E-state index is -0.363. The Morgan fingerprint density at radius 3 is 2.54 bits per heavy atom. The number of amides is 3. The van der Waals surface area contributed by atoms with Gasteiger partial charge < -0.3 is 25.4 Å². The van der Waals surface area contributed by atoms with E-state index in [0.717, 1.165) is 6.54 Å². The number of nitrogens with zero attached hydrogens (tertiary/aromatic N) is 2. The number of rotatable bonds is 8. The third kappa shape index (κ3) is 6.96. The number of carbonyl (C=O) groups is 2. The van der Waals surface area contributed by atoms with Crippen LogP contribution >= 0.6 is 0 Å². The Hall–Kier alpha value is -3.10. The predicted molar refractivity (Wildman–Crippen MR) is 138 cm³/mol. The zero-order valence-corrected chi connectivity index (χ0v) is 21.3. The minimum absolute atomic E-state index is 0.0168. The Labute approximate surface area is 208 Å². The Bertz CT molecular complexity index is 998. The summed E-state index contributed by atoms with van der Waals surface area (Å²) >= 11 is 0. The van der Waals surface area contributed by atoms with E-state index in [-0.39, 0.29) is 42.7 Å². The van der Waals surface area contributed by atoms with Crippen molar-refractivity contribution >= 4 is 17.6 Å². The van der Waals surface area contributed by atoms with Crippen LogP contribution in [0.5, 0.6) is 5.75 Å². The summed E-state index contributed by atoms with van der Waals surface area (Å²) in [7, 11) is 2.04. The first-order valence-corrected chi connectivity index (χ1v) is 12.2. The standard InChI is InChI=1S/C27H38N4O4/c1-18(2)28-27(34)29-23-13-9-12-22-25(23)35-24(16-30(5)15-21-10-7-6-8-11-21)19(3)14-31(26(22)33)20(4)17-32/h6-13,18-20,24,32H,14-17H2,1-5H3,(H2,28,29,34)/t19-,20+,24-/m1/s1. The Kier molecular flexibility index (Phi) is 9.12. The number of carbonyl (C=O) groups excluding carboxylic acids is 2. The van der Waals surface area contributed by atoms with Crippen molar-refractivity contribution in [2.24, 2.45) is 5.92 Å². The average molecular weight is 483 g/mol. The van der Waals surface area contributed by atoms with Crippen molar-refractivity contribution in [3.8, 4) is 5.75 Å². The maximum absolute atomic E-state index is 13.5. The molecule has 0 radical (unpaired) electrons. The van der Waals surface area contributed by atoms with Crippen molar-refractivity contribution in [2.45, 2.75) is 52.4 Å². The molecule has 0 bridgehead atoms. The van der Waals surface area contributed by atoms with Crippen molar-refractivity contribution in [2.75, 3.05) is 32.1 Å². The summed E-state index contributed by atoms with van der Waals surface area (Å²) in [5, 5.41) is 15.5. The lowest BCUT2D eigenvalue weighted by Gasteiger charge is -2.38. The van der Waals surface area contributed by atoms with E-state index in [1.54, 1.807) is 23.1 Å². The molecule has 0 spiro atoms. The van der Waals surface area contributed by atoms with Crippen LogP contribution in [0.1, 0.15) is 43.6 Å². The number of nitrogens with one attached hydrogen (secondary N) is 2. The highest BCUT2D eigenvalue weighted by Crippen LogP contribution is 2.35. The number of aliphatic hydroxyl groups is 1. The third-order valence-corrected chi connectivity index (χ3v) is 6.15. The SMILES string of the molecule is CC(C)NC(=O)Nc1cccc2c1O[C@H](CN(C)Cc1ccccc1)[C@H](C)CN([C@@H](C)CO)C2=O. The summed E-state index contributed by atoms with van der Waals surface area (Å²) in [6, 6.07) is 14.7. The lowest BCUT2D eigenvalue weighted by atomic mass is 9.99. The second-order valence-electron chi connectivity index (χ2n) is 9.74. The number of likely N-dealkylation sites (N-methyl/N-ethyl adjacent to an activating group) is 1. The maximum atomic E-state index is 13.5. The molecule has 2 aromatic carbocycles. The number of anilines is 1. The highest BCUT2D eigenvalue weighted by atomic mass is 16.5. The second-order valence-corrected chi connectivity index (χ2v) is 9.74. The number of hydrogen-bond acceptors (Lipinski definition) is 5. The van der Waals surface area contributed by atoms with Gasteiger partial charge in [0, 0.05) is 31.6 Å². The van der Waals surface area contributed by atoms with Crippen LogP contribution in [0.25, 0.3) is 0 Å². The lowest BCUT2D eigenvalue weighted by Crippen LogP contribution is -2.49. The first-order chi connectivity index (χ1) is 16.7. The molecule has 8 nitrogen and oxygen atoms in total. The molecule has 0 fully saturated rings. The maximum Gasteiger partial charge on any atom is 0.319 e. The Morgan fingerprint density at radius 2 is 1.89 bits per heavy atom. The van der Waals surface area contributed by atoms with Crippen LogP contribution in [-0.4, -0.2) is 71.8 Å². The van der Waals surface area contributed by atoms with E-state index in [1.165, 1.54) is 5.56 Å². The zero-order chi connectivity index (χ0) is 25.5. The van der Waals surface area contributed by atoms with Crippen LogP contribution in [-0.2, 0) is 6.54 Å². The molecule has 0 aromatic heterocycles. The topological polar surface area (TPSA) is 94.1 Å². The van der Waals surface area contributed by atoms with Crippen molar-refractivity contribution in [3.63, 3.8) is 0 Å². The zero-order valence-electron chi connectivity index (χ0n) is 21.3. The molecule has 1 aliphatic heterocycles. The van der Waals surface area contributed by atoms with E-state index in [9.17, 15) is 14.7 Å². The van der Waals surface area contributed by atoms with Gasteiger partial charge in [0.25, 0.3) is 5.91 Å². The number of fused-ring (bicyclic) bond motifs is 1. The molecule has 3 atom stereocenters. The number of urea groups is 1. The molecule has 3 N–H and O–H groups in total. The minimum Gasteiger partial charge on any atom is -0.486 e. The molecular formula is C27H38N4O4. The van der Waals surface area contributed by atoms with Crippen LogP contribution in [0.3, 0.4) is 0 Å². The number of ether oxygens (including phenoxy) is 1. The van der Waals surface area contributed by atoms with Gasteiger partial charge in [0.15, 0.2) is 5.75 Å². The Balaban J connectivity index is 1.94. The van der Waals surface area contributed by atoms with Gasteiger partial charge in [0.2, 0.25) is 0 Å². The molecule has 0 unspecified atom stereocenters. The second kappa shape index (κ2) is 12.0. The molecule has 0 saturated heterocycles. The summed E-state index contributed by atoms with van der Waals surface area (Å²) in [6.45, 7) is 9.34. The highest BCUT2D eigenvalue weighted by Gasteiger charge is 2.34. The van der Waals surface area contributed by atoms with Crippen molar-refractivity contribution in [1.82, 2.24) is 15.1 Å². The fourth-order valence-corrected chi connectivity index (χ4v) is 4.25. The number of benzene rings is 2. The summed E-state index contributed by atoms with van der Waals surface area (Å²) in [4.78, 5) is 29.9. The van der Waals surface area contributed by atoms with Gasteiger partial charge in [-0.1, -0.05) is 43.3 Å². The monoisotopic (exact) mass is 482 g/mol. The molecule has 8 heteroatoms. The van der Waals surface area contributed by atoms with Gasteiger partial charge >= 0.3 is 6.03 Å². The average Bonchev–Trinajstić information content (AvgIpc) is 2.81. The van der Waals surface area contributed by atoms with Gasteiger partial charge in [-0.15, -0.1) is 0 Å². The van der Waals surface area contributed by atoms with Gasteiger partial charge in [-0.25, -0.2) is 4.79 Å². The van der Waals surface area contributed by atoms with Gasteiger partial charge in [0.1, 0.15) is 6.10 Å². The van der Waals surface area contributed by atoms with Gasteiger partial charge in [-0.2, -0.15) is 0 Å². The van der Waals surface area contributed by atoms with Crippen LogP contribution in [0.2, 0.25) is 0 Å². The van der Waals surface area contributed by atoms with Crippen LogP contribution < -0.4 is 15.4 Å². The molecular weight excluding hydrogens is 444 g/mol. The Morgan fingerprint density at radius 1 is 1.17 bits per heavy atom. The third-order valence-electron chi connectivity index (χ3n) is 6.15. The molecule has 1 heterocycles. The van der Waals surface area contributed by atoms with Crippen LogP contribution in [0.4, 0.5) is 10.5 Å². The first kappa shape index (κ1) is 26.5. The smallest absolute Gasteiger partial charge is 0.319 e. The molecule has 3 rings (SSSR count). The number of aliphatic hydroxyl groups excluding tert-OH is 1. The molecule has 0 aliphatic carbocycles. The summed E-state index contributed by atoms with van der Waals surface area (Å²) in [5.74, 6) is 0.116. The van der Waals surface area contributed by atoms with Gasteiger partial charge in [0.05, 0.1) is 23.9 Å². The van der Waals surface area contributed by atoms with Gasteiger partial charge in [-0.3, -0.25) is 9.69 Å². The van der Waals surface area contributed by atoms with E-state index in [0.29, 0.717) is 30.1 Å². The van der Waals surface area contributed by atoms with Crippen molar-refractivity contribution in [3.05, 3.63) is 59.7 Å². The summed E-state index contributed by atoms with van der Waals surface area (Å²) < 4.78 is 6.53. The van der Waals surface area contributed by atoms with Gasteiger partial charge in [-0.05, 0) is 45.5 Å². The first-order valence-electron chi connectivity index (χ1n) is 12.2. The normalized spacial score (nSPS) is 19.0. The van der Waals surface area contributed by atoms with Crippen LogP contribution in [0.15, 0.2) is 48.5 Å². The molecule has 190 valence electrons. The number of para-hydroxylation sites is 1. The van der Waals surface area contributed by atoms with E-state index in [2.05, 4.69) is 34.6 Å². The van der Waals surface area contributed by atoms with E-state index in [1.807, 2.05) is 46.0 Å². The molecule has 3 amide bonds.